The molecule has 0 aromatic rings. The van der Waals surface area contributed by atoms with Gasteiger partial charge in [0.05, 0.1) is 5.92 Å². The molecular weight excluding hydrogens is 144 g/mol. The van der Waals surface area contributed by atoms with E-state index >= 15 is 0 Å². The fraction of sp³-hybridized carbons (Fsp3) is 0.571. The smallest absolute Gasteiger partial charge is 0.276 e. The first-order valence-corrected chi connectivity index (χ1v) is 3.50. The molecule has 1 heterocycles. The molecule has 0 aliphatic carbocycles. The molecule has 0 fully saturated rings. The summed E-state index contributed by atoms with van der Waals surface area (Å²) in [5, 5.41) is 2.13. The maximum absolute atomic E-state index is 11.0. The second-order valence-corrected chi connectivity index (χ2v) is 2.84. The van der Waals surface area contributed by atoms with Gasteiger partial charge in [-0.05, 0) is 5.92 Å². The number of amides is 3. The first-order valence-electron chi connectivity index (χ1n) is 3.50. The van der Waals surface area contributed by atoms with E-state index in [4.69, 9.17) is 0 Å². The number of imide groups is 1. The quantitative estimate of drug-likeness (QED) is 0.600. The molecule has 1 unspecified atom stereocenters. The lowest BCUT2D eigenvalue weighted by Crippen LogP contribution is -2.40. The summed E-state index contributed by atoms with van der Waals surface area (Å²) in [6.07, 6.45) is 1.41. The number of hydrogen-bond acceptors (Lipinski definition) is 2. The molecule has 11 heavy (non-hydrogen) atoms. The molecule has 0 radical (unpaired) electrons. The number of rotatable bonds is 1. The van der Waals surface area contributed by atoms with Gasteiger partial charge in [0, 0.05) is 6.21 Å². The number of carbonyl (C=O) groups is 2. The van der Waals surface area contributed by atoms with E-state index in [0.29, 0.717) is 0 Å². The third-order valence-electron chi connectivity index (χ3n) is 1.60. The minimum Gasteiger partial charge on any atom is -0.276 e. The van der Waals surface area contributed by atoms with Gasteiger partial charge in [-0.1, -0.05) is 13.8 Å². The van der Waals surface area contributed by atoms with Crippen LogP contribution in [0.1, 0.15) is 13.8 Å². The van der Waals surface area contributed by atoms with E-state index < -0.39 is 6.03 Å². The molecule has 4 nitrogen and oxygen atoms in total. The molecule has 0 saturated carbocycles. The lowest BCUT2D eigenvalue weighted by Gasteiger charge is -2.17. The van der Waals surface area contributed by atoms with E-state index in [1.165, 1.54) is 6.21 Å². The van der Waals surface area contributed by atoms with E-state index in [0.717, 1.165) is 0 Å². The van der Waals surface area contributed by atoms with Crippen LogP contribution in [0.15, 0.2) is 4.99 Å². The van der Waals surface area contributed by atoms with Gasteiger partial charge < -0.3 is 0 Å². The van der Waals surface area contributed by atoms with Crippen LogP contribution < -0.4 is 5.32 Å². The monoisotopic (exact) mass is 154 g/mol. The van der Waals surface area contributed by atoms with Crippen LogP contribution in [0.25, 0.3) is 0 Å². The summed E-state index contributed by atoms with van der Waals surface area (Å²) >= 11 is 0. The zero-order valence-corrected chi connectivity index (χ0v) is 6.50. The molecule has 0 saturated heterocycles. The van der Waals surface area contributed by atoms with Gasteiger partial charge in [-0.3, -0.25) is 10.1 Å². The molecule has 0 aromatic carbocycles. The zero-order chi connectivity index (χ0) is 8.43. The van der Waals surface area contributed by atoms with Crippen LogP contribution in [0.4, 0.5) is 4.79 Å². The Morgan fingerprint density at radius 2 is 2.18 bits per heavy atom. The van der Waals surface area contributed by atoms with Crippen molar-refractivity contribution in [2.45, 2.75) is 13.8 Å². The van der Waals surface area contributed by atoms with Crippen LogP contribution in [-0.2, 0) is 4.79 Å². The van der Waals surface area contributed by atoms with E-state index in [2.05, 4.69) is 10.3 Å². The van der Waals surface area contributed by atoms with Crippen molar-refractivity contribution in [3.8, 4) is 0 Å². The minimum absolute atomic E-state index is 0.187. The maximum Gasteiger partial charge on any atom is 0.347 e. The van der Waals surface area contributed by atoms with Crippen molar-refractivity contribution in [3.05, 3.63) is 0 Å². The second kappa shape index (κ2) is 2.82. The SMILES string of the molecule is CC(C)C1C=NC(=O)NC1=O. The Morgan fingerprint density at radius 1 is 1.55 bits per heavy atom. The van der Waals surface area contributed by atoms with Crippen LogP contribution in [0.2, 0.25) is 0 Å². The molecular formula is C7H10N2O2. The topological polar surface area (TPSA) is 58.5 Å². The molecule has 0 spiro atoms. The Morgan fingerprint density at radius 3 is 2.64 bits per heavy atom. The molecule has 1 atom stereocenters. The minimum atomic E-state index is -0.563. The van der Waals surface area contributed by atoms with Crippen molar-refractivity contribution in [3.63, 3.8) is 0 Å². The molecule has 1 aliphatic rings. The number of nitrogens with one attached hydrogen (secondary N) is 1. The Labute approximate surface area is 64.7 Å². The van der Waals surface area contributed by atoms with E-state index in [9.17, 15) is 9.59 Å². The predicted molar refractivity (Wildman–Crippen MR) is 40.4 cm³/mol. The standard InChI is InChI=1S/C7H10N2O2/c1-4(2)5-3-8-7(11)9-6(5)10/h3-5H,1-2H3,(H,9,10,11). The van der Waals surface area contributed by atoms with Crippen molar-refractivity contribution >= 4 is 18.2 Å². The highest BCUT2D eigenvalue weighted by atomic mass is 16.2. The summed E-state index contributed by atoms with van der Waals surface area (Å²) < 4.78 is 0. The first-order chi connectivity index (χ1) is 5.11. The summed E-state index contributed by atoms with van der Waals surface area (Å²) in [5.74, 6) is -0.320. The predicted octanol–water partition coefficient (Wildman–Crippen LogP) is 0.579. The molecule has 0 aromatic heterocycles. The van der Waals surface area contributed by atoms with Crippen LogP contribution >= 0.6 is 0 Å². The van der Waals surface area contributed by atoms with Gasteiger partial charge in [-0.2, -0.15) is 0 Å². The average molecular weight is 154 g/mol. The van der Waals surface area contributed by atoms with Crippen LogP contribution in [0, 0.1) is 11.8 Å². The molecule has 1 aliphatic heterocycles. The third-order valence-corrected chi connectivity index (χ3v) is 1.60. The summed E-state index contributed by atoms with van der Waals surface area (Å²) in [6.45, 7) is 3.82. The van der Waals surface area contributed by atoms with Gasteiger partial charge in [-0.25, -0.2) is 9.79 Å². The van der Waals surface area contributed by atoms with Crippen molar-refractivity contribution in [1.29, 1.82) is 0 Å². The number of hydrogen-bond donors (Lipinski definition) is 1. The van der Waals surface area contributed by atoms with Crippen LogP contribution in [-0.4, -0.2) is 18.2 Å². The van der Waals surface area contributed by atoms with Gasteiger partial charge in [0.25, 0.3) is 0 Å². The van der Waals surface area contributed by atoms with Crippen molar-refractivity contribution in [2.75, 3.05) is 0 Å². The summed E-state index contributed by atoms with van der Waals surface area (Å²) in [4.78, 5) is 25.0. The lowest BCUT2D eigenvalue weighted by atomic mass is 9.96. The zero-order valence-electron chi connectivity index (χ0n) is 6.50. The largest absolute Gasteiger partial charge is 0.347 e. The first kappa shape index (κ1) is 7.91. The normalized spacial score (nSPS) is 24.1. The van der Waals surface area contributed by atoms with Gasteiger partial charge in [0.1, 0.15) is 0 Å². The van der Waals surface area contributed by atoms with Gasteiger partial charge >= 0.3 is 6.03 Å². The lowest BCUT2D eigenvalue weighted by molar-refractivity contribution is -0.122. The molecule has 4 heteroatoms. The van der Waals surface area contributed by atoms with Crippen LogP contribution in [0.5, 0.6) is 0 Å². The highest BCUT2D eigenvalue weighted by Gasteiger charge is 2.25. The van der Waals surface area contributed by atoms with Gasteiger partial charge in [0.15, 0.2) is 0 Å². The molecule has 0 bridgehead atoms. The summed E-state index contributed by atoms with van der Waals surface area (Å²) in [7, 11) is 0. The average Bonchev–Trinajstić information content (AvgIpc) is 1.85. The maximum atomic E-state index is 11.0. The summed E-state index contributed by atoms with van der Waals surface area (Å²) in [5.41, 5.74) is 0. The number of urea groups is 1. The Kier molecular flexibility index (Phi) is 2.03. The molecule has 3 amide bonds. The van der Waals surface area contributed by atoms with E-state index in [-0.39, 0.29) is 17.7 Å². The van der Waals surface area contributed by atoms with Gasteiger partial charge in [0.2, 0.25) is 5.91 Å². The fourth-order valence-electron chi connectivity index (χ4n) is 0.912. The Hall–Kier alpha value is -1.19. The molecule has 60 valence electrons. The van der Waals surface area contributed by atoms with Gasteiger partial charge in [-0.15, -0.1) is 0 Å². The highest BCUT2D eigenvalue weighted by molar-refractivity contribution is 6.09. The number of carbonyl (C=O) groups excluding carboxylic acids is 2. The number of nitrogens with zero attached hydrogens (tertiary/aromatic N) is 1. The Bertz CT molecular complexity index is 220. The highest BCUT2D eigenvalue weighted by Crippen LogP contribution is 2.10. The van der Waals surface area contributed by atoms with Crippen molar-refractivity contribution in [1.82, 2.24) is 5.32 Å². The number of aliphatic imine (C=N–C) groups is 1. The molecule has 1 N–H and O–H groups in total. The van der Waals surface area contributed by atoms with E-state index in [1.807, 2.05) is 13.8 Å². The third kappa shape index (κ3) is 1.63. The van der Waals surface area contributed by atoms with Crippen molar-refractivity contribution in [2.24, 2.45) is 16.8 Å². The van der Waals surface area contributed by atoms with Crippen LogP contribution in [0.3, 0.4) is 0 Å². The second-order valence-electron chi connectivity index (χ2n) is 2.84. The van der Waals surface area contributed by atoms with Crippen molar-refractivity contribution < 1.29 is 9.59 Å². The fourth-order valence-corrected chi connectivity index (χ4v) is 0.912. The summed E-state index contributed by atoms with van der Waals surface area (Å²) in [6, 6.07) is -0.563. The van der Waals surface area contributed by atoms with E-state index in [1.54, 1.807) is 0 Å². The molecule has 1 rings (SSSR count). The Balaban J connectivity index is 2.76.